The second kappa shape index (κ2) is 7.86. The number of fused-ring (bicyclic) bond motifs is 1. The zero-order valence-corrected chi connectivity index (χ0v) is 16.1. The number of sulfone groups is 1. The van der Waals surface area contributed by atoms with Gasteiger partial charge in [-0.1, -0.05) is 19.9 Å². The fraction of sp³-hybridized carbons (Fsp3) is 0.471. The number of aromatic nitrogens is 2. The van der Waals surface area contributed by atoms with E-state index in [-0.39, 0.29) is 29.7 Å². The quantitative estimate of drug-likeness (QED) is 0.673. The van der Waals surface area contributed by atoms with Crippen LogP contribution in [0.3, 0.4) is 0 Å². The zero-order chi connectivity index (χ0) is 19.5. The van der Waals surface area contributed by atoms with E-state index in [9.17, 15) is 18.0 Å². The molecule has 8 nitrogen and oxygen atoms in total. The number of amides is 1. The molecule has 0 bridgehead atoms. The summed E-state index contributed by atoms with van der Waals surface area (Å²) in [6, 6.07) is 5.02. The summed E-state index contributed by atoms with van der Waals surface area (Å²) in [6.07, 6.45) is 2.66. The molecule has 0 saturated carbocycles. The van der Waals surface area contributed by atoms with Crippen LogP contribution in [0.2, 0.25) is 0 Å². The van der Waals surface area contributed by atoms with Crippen LogP contribution in [-0.2, 0) is 19.4 Å². The average molecular weight is 381 g/mol. The fourth-order valence-electron chi connectivity index (χ4n) is 2.62. The predicted molar refractivity (Wildman–Crippen MR) is 95.7 cm³/mol. The van der Waals surface area contributed by atoms with Gasteiger partial charge in [-0.15, -0.1) is 0 Å². The van der Waals surface area contributed by atoms with Gasteiger partial charge in [-0.2, -0.15) is 0 Å². The van der Waals surface area contributed by atoms with Gasteiger partial charge in [0.15, 0.2) is 5.69 Å². The molecule has 0 saturated heterocycles. The van der Waals surface area contributed by atoms with Gasteiger partial charge in [0.2, 0.25) is 15.0 Å². The van der Waals surface area contributed by atoms with Gasteiger partial charge in [0.05, 0.1) is 19.0 Å². The summed E-state index contributed by atoms with van der Waals surface area (Å²) in [6.45, 7) is 4.48. The van der Waals surface area contributed by atoms with Crippen LogP contribution < -0.4 is 0 Å². The minimum atomic E-state index is -3.61. The molecule has 2 rings (SSSR count). The second-order valence-corrected chi connectivity index (χ2v) is 8.35. The van der Waals surface area contributed by atoms with Crippen LogP contribution in [0.25, 0.3) is 5.52 Å². The summed E-state index contributed by atoms with van der Waals surface area (Å²) < 4.78 is 30.0. The molecule has 142 valence electrons. The molecule has 0 aliphatic rings. The number of nitrogens with zero attached hydrogens (tertiary/aromatic N) is 3. The molecule has 0 aromatic carbocycles. The monoisotopic (exact) mass is 381 g/mol. The van der Waals surface area contributed by atoms with Crippen LogP contribution >= 0.6 is 0 Å². The molecule has 1 amide bonds. The number of carbonyl (C=O) groups is 2. The number of rotatable bonds is 7. The number of ether oxygens (including phenoxy) is 1. The third-order valence-electron chi connectivity index (χ3n) is 3.74. The summed E-state index contributed by atoms with van der Waals surface area (Å²) in [5.41, 5.74) is 0.460. The van der Waals surface area contributed by atoms with Crippen molar-refractivity contribution in [2.75, 3.05) is 26.5 Å². The molecule has 0 unspecified atom stereocenters. The Hall–Kier alpha value is -2.42. The predicted octanol–water partition coefficient (Wildman–Crippen LogP) is 1.40. The maximum atomic E-state index is 13.0. The van der Waals surface area contributed by atoms with Crippen LogP contribution in [0.1, 0.15) is 30.8 Å². The zero-order valence-electron chi connectivity index (χ0n) is 15.3. The molecule has 0 radical (unpaired) electrons. The van der Waals surface area contributed by atoms with Crippen molar-refractivity contribution in [3.8, 4) is 0 Å². The first-order valence-electron chi connectivity index (χ1n) is 8.18. The molecule has 0 aliphatic carbocycles. The summed E-state index contributed by atoms with van der Waals surface area (Å²) in [4.78, 5) is 30.1. The van der Waals surface area contributed by atoms with E-state index in [1.807, 2.05) is 13.8 Å². The Morgan fingerprint density at radius 1 is 1.31 bits per heavy atom. The number of imidazole rings is 1. The molecule has 26 heavy (non-hydrogen) atoms. The number of carbonyl (C=O) groups excluding carboxylic acids is 2. The van der Waals surface area contributed by atoms with E-state index >= 15 is 0 Å². The topological polar surface area (TPSA) is 98.0 Å². The normalized spacial score (nSPS) is 11.7. The molecule has 0 fully saturated rings. The van der Waals surface area contributed by atoms with Gasteiger partial charge in [0.25, 0.3) is 5.91 Å². The number of hydrogen-bond donors (Lipinski definition) is 0. The Balaban J connectivity index is 2.46. The van der Waals surface area contributed by atoms with Crippen LogP contribution in [0.4, 0.5) is 0 Å². The van der Waals surface area contributed by atoms with Gasteiger partial charge < -0.3 is 9.64 Å². The lowest BCUT2D eigenvalue weighted by molar-refractivity contribution is -0.140. The molecule has 0 atom stereocenters. The third-order valence-corrected chi connectivity index (χ3v) is 4.69. The van der Waals surface area contributed by atoms with E-state index in [4.69, 9.17) is 0 Å². The Kier molecular flexibility index (Phi) is 6.01. The molecular formula is C17H23N3O5S. The Labute approximate surface area is 152 Å². The Bertz CT molecular complexity index is 918. The first-order chi connectivity index (χ1) is 12.1. The van der Waals surface area contributed by atoms with Crippen molar-refractivity contribution >= 4 is 27.2 Å². The Morgan fingerprint density at radius 2 is 2.00 bits per heavy atom. The molecule has 0 N–H and O–H groups in total. The van der Waals surface area contributed by atoms with Crippen molar-refractivity contribution in [2.24, 2.45) is 5.92 Å². The SMILES string of the molecule is COC(=O)CCN(CC(C)C)C(=O)c1nc(S(C)(=O)=O)n2ccccc12. The van der Waals surface area contributed by atoms with Crippen molar-refractivity contribution in [1.29, 1.82) is 0 Å². The first-order valence-corrected chi connectivity index (χ1v) is 10.1. The summed E-state index contributed by atoms with van der Waals surface area (Å²) in [5, 5.41) is -0.186. The molecule has 0 spiro atoms. The van der Waals surface area contributed by atoms with Gasteiger partial charge >= 0.3 is 5.97 Å². The van der Waals surface area contributed by atoms with Crippen molar-refractivity contribution in [1.82, 2.24) is 14.3 Å². The highest BCUT2D eigenvalue weighted by atomic mass is 32.2. The van der Waals surface area contributed by atoms with E-state index in [0.29, 0.717) is 12.1 Å². The van der Waals surface area contributed by atoms with E-state index < -0.39 is 21.7 Å². The van der Waals surface area contributed by atoms with E-state index in [2.05, 4.69) is 9.72 Å². The molecular weight excluding hydrogens is 358 g/mol. The van der Waals surface area contributed by atoms with E-state index in [1.165, 1.54) is 16.4 Å². The summed E-state index contributed by atoms with van der Waals surface area (Å²) >= 11 is 0. The van der Waals surface area contributed by atoms with Crippen LogP contribution in [-0.4, -0.2) is 61.0 Å². The van der Waals surface area contributed by atoms with Gasteiger partial charge in [-0.25, -0.2) is 13.4 Å². The van der Waals surface area contributed by atoms with Crippen molar-refractivity contribution in [3.05, 3.63) is 30.1 Å². The molecule has 2 aromatic heterocycles. The first kappa shape index (κ1) is 19.9. The average Bonchev–Trinajstić information content (AvgIpc) is 2.97. The van der Waals surface area contributed by atoms with Gasteiger partial charge in [-0.3, -0.25) is 14.0 Å². The van der Waals surface area contributed by atoms with Crippen molar-refractivity contribution in [3.63, 3.8) is 0 Å². The van der Waals surface area contributed by atoms with Crippen LogP contribution in [0, 0.1) is 5.92 Å². The summed E-state index contributed by atoms with van der Waals surface area (Å²) in [7, 11) is -2.32. The van der Waals surface area contributed by atoms with Crippen LogP contribution in [0.15, 0.2) is 29.6 Å². The van der Waals surface area contributed by atoms with E-state index in [0.717, 1.165) is 6.26 Å². The molecule has 2 aromatic rings. The van der Waals surface area contributed by atoms with Crippen molar-refractivity contribution < 1.29 is 22.7 Å². The highest BCUT2D eigenvalue weighted by molar-refractivity contribution is 7.90. The standard InChI is InChI=1S/C17H23N3O5S/c1-12(2)11-19(10-8-14(21)25-3)16(22)15-13-7-5-6-9-20(13)17(18-15)26(4,23)24/h5-7,9,12H,8,10-11H2,1-4H3. The van der Waals surface area contributed by atoms with Gasteiger partial charge in [0.1, 0.15) is 0 Å². The molecule has 9 heteroatoms. The Morgan fingerprint density at radius 3 is 2.58 bits per heavy atom. The number of hydrogen-bond acceptors (Lipinski definition) is 6. The number of esters is 1. The second-order valence-electron chi connectivity index (χ2n) is 6.44. The summed E-state index contributed by atoms with van der Waals surface area (Å²) in [5.74, 6) is -0.667. The minimum Gasteiger partial charge on any atom is -0.469 e. The fourth-order valence-corrected chi connectivity index (χ4v) is 3.40. The van der Waals surface area contributed by atoms with Gasteiger partial charge in [-0.05, 0) is 18.1 Å². The van der Waals surface area contributed by atoms with Gasteiger partial charge in [0, 0.05) is 25.5 Å². The minimum absolute atomic E-state index is 0.0524. The number of methoxy groups -OCH3 is 1. The maximum absolute atomic E-state index is 13.0. The smallest absolute Gasteiger partial charge is 0.307 e. The molecule has 0 aliphatic heterocycles. The lowest BCUT2D eigenvalue weighted by Crippen LogP contribution is -2.36. The largest absolute Gasteiger partial charge is 0.469 e. The van der Waals surface area contributed by atoms with Crippen LogP contribution in [0.5, 0.6) is 0 Å². The van der Waals surface area contributed by atoms with E-state index in [1.54, 1.807) is 24.4 Å². The van der Waals surface area contributed by atoms with Crippen molar-refractivity contribution in [2.45, 2.75) is 25.4 Å². The third kappa shape index (κ3) is 4.40. The highest BCUT2D eigenvalue weighted by Gasteiger charge is 2.26. The highest BCUT2D eigenvalue weighted by Crippen LogP contribution is 2.19. The number of pyridine rings is 1. The maximum Gasteiger partial charge on any atom is 0.307 e. The lowest BCUT2D eigenvalue weighted by atomic mass is 10.2. The lowest BCUT2D eigenvalue weighted by Gasteiger charge is -2.23. The molecule has 2 heterocycles.